The highest BCUT2D eigenvalue weighted by molar-refractivity contribution is 7.99. The molecular formula is C23H20N4O3S3. The Kier molecular flexibility index (Phi) is 5.23. The van der Waals surface area contributed by atoms with Crippen molar-refractivity contribution in [2.45, 2.75) is 36.9 Å². The van der Waals surface area contributed by atoms with E-state index in [4.69, 9.17) is 9.40 Å². The smallest absolute Gasteiger partial charge is 0.262 e. The van der Waals surface area contributed by atoms with Gasteiger partial charge in [-0.25, -0.2) is 9.99 Å². The van der Waals surface area contributed by atoms with Crippen LogP contribution in [0.3, 0.4) is 0 Å². The Bertz CT molecular complexity index is 1430. The number of hydrogen-bond donors (Lipinski definition) is 0. The minimum Gasteiger partial charge on any atom is -0.467 e. The average Bonchev–Trinajstić information content (AvgIpc) is 3.62. The normalized spacial score (nSPS) is 17.7. The number of carbonyl (C=O) groups is 1. The lowest BCUT2D eigenvalue weighted by atomic mass is 10.1. The molecule has 2 aliphatic rings. The summed E-state index contributed by atoms with van der Waals surface area (Å²) in [6, 6.07) is 7.42. The number of amides is 1. The number of thiophene rings is 2. The van der Waals surface area contributed by atoms with E-state index in [0.717, 1.165) is 40.1 Å². The molecule has 1 aliphatic heterocycles. The van der Waals surface area contributed by atoms with Gasteiger partial charge in [0.25, 0.3) is 11.5 Å². The number of aryl methyl sites for hydroxylation is 2. The fourth-order valence-corrected chi connectivity index (χ4v) is 7.31. The maximum absolute atomic E-state index is 13.3. The van der Waals surface area contributed by atoms with E-state index in [1.807, 2.05) is 29.6 Å². The molecule has 10 heteroatoms. The minimum atomic E-state index is -0.273. The number of aromatic nitrogens is 2. The SMILES string of the molecule is Cn1c(SCC(=O)N2N=C(c3cccs3)CC2c2ccco2)nc2sc3c(c2c1=O)CCC3. The molecule has 5 heterocycles. The van der Waals surface area contributed by atoms with Crippen molar-refractivity contribution in [1.29, 1.82) is 0 Å². The van der Waals surface area contributed by atoms with Crippen LogP contribution in [0.15, 0.2) is 55.4 Å². The predicted octanol–water partition coefficient (Wildman–Crippen LogP) is 4.61. The van der Waals surface area contributed by atoms with E-state index < -0.39 is 0 Å². The molecule has 7 nitrogen and oxygen atoms in total. The number of thioether (sulfide) groups is 1. The van der Waals surface area contributed by atoms with E-state index in [2.05, 4.69) is 5.10 Å². The lowest BCUT2D eigenvalue weighted by Gasteiger charge is -2.19. The quantitative estimate of drug-likeness (QED) is 0.298. The molecule has 0 fully saturated rings. The van der Waals surface area contributed by atoms with Gasteiger partial charge in [0, 0.05) is 18.3 Å². The van der Waals surface area contributed by atoms with Crippen molar-refractivity contribution in [3.63, 3.8) is 0 Å². The van der Waals surface area contributed by atoms with Crippen LogP contribution in [0.5, 0.6) is 0 Å². The molecule has 4 aromatic rings. The van der Waals surface area contributed by atoms with Crippen molar-refractivity contribution >= 4 is 56.3 Å². The maximum atomic E-state index is 13.3. The minimum absolute atomic E-state index is 0.0259. The van der Waals surface area contributed by atoms with E-state index in [1.54, 1.807) is 40.6 Å². The summed E-state index contributed by atoms with van der Waals surface area (Å²) in [5.74, 6) is 0.703. The van der Waals surface area contributed by atoms with Crippen molar-refractivity contribution in [3.8, 4) is 0 Å². The Morgan fingerprint density at radius 3 is 3.00 bits per heavy atom. The van der Waals surface area contributed by atoms with Crippen molar-refractivity contribution in [1.82, 2.24) is 14.6 Å². The average molecular weight is 497 g/mol. The molecule has 0 saturated heterocycles. The number of nitrogens with zero attached hydrogens (tertiary/aromatic N) is 4. The molecule has 4 aromatic heterocycles. The monoisotopic (exact) mass is 496 g/mol. The fourth-order valence-electron chi connectivity index (χ4n) is 4.46. The summed E-state index contributed by atoms with van der Waals surface area (Å²) < 4.78 is 7.18. The van der Waals surface area contributed by atoms with Crippen LogP contribution < -0.4 is 5.56 Å². The van der Waals surface area contributed by atoms with Crippen molar-refractivity contribution < 1.29 is 9.21 Å². The predicted molar refractivity (Wildman–Crippen MR) is 131 cm³/mol. The van der Waals surface area contributed by atoms with E-state index in [0.29, 0.717) is 17.3 Å². The van der Waals surface area contributed by atoms with Crippen molar-refractivity contribution in [2.24, 2.45) is 12.1 Å². The molecule has 0 spiro atoms. The van der Waals surface area contributed by atoms with Crippen LogP contribution in [0.25, 0.3) is 10.2 Å². The van der Waals surface area contributed by atoms with Crippen LogP contribution in [-0.4, -0.2) is 31.9 Å². The van der Waals surface area contributed by atoms with E-state index >= 15 is 0 Å². The molecule has 1 aliphatic carbocycles. The number of carbonyl (C=O) groups excluding carboxylic acids is 1. The number of hydrogen-bond acceptors (Lipinski definition) is 8. The molecule has 1 atom stereocenters. The highest BCUT2D eigenvalue weighted by Crippen LogP contribution is 2.37. The van der Waals surface area contributed by atoms with E-state index in [-0.39, 0.29) is 23.3 Å². The Hall–Kier alpha value is -2.69. The maximum Gasteiger partial charge on any atom is 0.262 e. The number of furan rings is 1. The standard InChI is InChI=1S/C23H20N4O3S3/c1-26-22(29)20-13-5-2-7-17(13)33-21(20)24-23(26)32-12-19(28)27-15(16-6-3-9-30-16)11-14(25-27)18-8-4-10-31-18/h3-4,6,8-10,15H,2,5,7,11-12H2,1H3. The molecule has 1 amide bonds. The zero-order valence-electron chi connectivity index (χ0n) is 17.8. The lowest BCUT2D eigenvalue weighted by Crippen LogP contribution is -2.29. The summed E-state index contributed by atoms with van der Waals surface area (Å²) in [4.78, 5) is 34.2. The molecule has 0 aromatic carbocycles. The topological polar surface area (TPSA) is 80.7 Å². The van der Waals surface area contributed by atoms with Gasteiger partial charge in [0.2, 0.25) is 0 Å². The summed E-state index contributed by atoms with van der Waals surface area (Å²) in [5.41, 5.74) is 2.02. The highest BCUT2D eigenvalue weighted by atomic mass is 32.2. The summed E-state index contributed by atoms with van der Waals surface area (Å²) in [6.45, 7) is 0. The first-order valence-corrected chi connectivity index (χ1v) is 13.4. The zero-order valence-corrected chi connectivity index (χ0v) is 20.3. The van der Waals surface area contributed by atoms with Crippen molar-refractivity contribution in [2.75, 3.05) is 5.75 Å². The van der Waals surface area contributed by atoms with E-state index in [1.165, 1.54) is 27.2 Å². The van der Waals surface area contributed by atoms with Crippen LogP contribution in [-0.2, 0) is 24.7 Å². The number of rotatable bonds is 5. The first kappa shape index (κ1) is 20.9. The van der Waals surface area contributed by atoms with Crippen LogP contribution >= 0.6 is 34.4 Å². The molecule has 0 bridgehead atoms. The summed E-state index contributed by atoms with van der Waals surface area (Å²) in [7, 11) is 1.73. The first-order valence-electron chi connectivity index (χ1n) is 10.7. The molecule has 0 saturated carbocycles. The second kappa shape index (κ2) is 8.27. The van der Waals surface area contributed by atoms with Crippen LogP contribution in [0.2, 0.25) is 0 Å². The Balaban J connectivity index is 1.27. The van der Waals surface area contributed by atoms with Gasteiger partial charge in [-0.05, 0) is 48.4 Å². The van der Waals surface area contributed by atoms with Crippen LogP contribution in [0.4, 0.5) is 0 Å². The van der Waals surface area contributed by atoms with Gasteiger partial charge in [-0.15, -0.1) is 22.7 Å². The Morgan fingerprint density at radius 2 is 2.21 bits per heavy atom. The third-order valence-electron chi connectivity index (χ3n) is 6.07. The van der Waals surface area contributed by atoms with Gasteiger partial charge in [0.15, 0.2) is 5.16 Å². The second-order valence-electron chi connectivity index (χ2n) is 8.08. The summed E-state index contributed by atoms with van der Waals surface area (Å²) in [5, 5.41) is 9.49. The number of fused-ring (bicyclic) bond motifs is 3. The summed E-state index contributed by atoms with van der Waals surface area (Å²) >= 11 is 4.50. The third kappa shape index (κ3) is 3.56. The van der Waals surface area contributed by atoms with Gasteiger partial charge in [-0.2, -0.15) is 5.10 Å². The molecule has 33 heavy (non-hydrogen) atoms. The Morgan fingerprint density at radius 1 is 1.30 bits per heavy atom. The zero-order chi connectivity index (χ0) is 22.5. The molecule has 6 rings (SSSR count). The molecule has 0 radical (unpaired) electrons. The van der Waals surface area contributed by atoms with Crippen molar-refractivity contribution in [3.05, 3.63) is 67.3 Å². The molecule has 168 valence electrons. The number of hydrazone groups is 1. The van der Waals surface area contributed by atoms with Gasteiger partial charge < -0.3 is 4.42 Å². The molecule has 1 unspecified atom stereocenters. The molecule has 0 N–H and O–H groups in total. The lowest BCUT2D eigenvalue weighted by molar-refractivity contribution is -0.130. The largest absolute Gasteiger partial charge is 0.467 e. The third-order valence-corrected chi connectivity index (χ3v) is 9.19. The van der Waals surface area contributed by atoms with Gasteiger partial charge in [0.1, 0.15) is 16.6 Å². The molecular weight excluding hydrogens is 476 g/mol. The Labute approximate surface area is 201 Å². The van der Waals surface area contributed by atoms with Gasteiger partial charge >= 0.3 is 0 Å². The van der Waals surface area contributed by atoms with Crippen LogP contribution in [0, 0.1) is 0 Å². The van der Waals surface area contributed by atoms with Crippen LogP contribution in [0.1, 0.15) is 40.0 Å². The van der Waals surface area contributed by atoms with Gasteiger partial charge in [-0.3, -0.25) is 14.2 Å². The van der Waals surface area contributed by atoms with E-state index in [9.17, 15) is 9.59 Å². The second-order valence-corrected chi connectivity index (χ2v) is 11.1. The van der Waals surface area contributed by atoms with Gasteiger partial charge in [0.05, 0.1) is 28.0 Å². The highest BCUT2D eigenvalue weighted by Gasteiger charge is 2.35. The first-order chi connectivity index (χ1) is 16.1. The van der Waals surface area contributed by atoms with Gasteiger partial charge in [-0.1, -0.05) is 17.8 Å². The fraction of sp³-hybridized carbons (Fsp3) is 0.304. The summed E-state index contributed by atoms with van der Waals surface area (Å²) in [6.07, 6.45) is 5.29.